The van der Waals surface area contributed by atoms with Gasteiger partial charge < -0.3 is 14.6 Å². The maximum atomic E-state index is 11.6. The molecule has 0 fully saturated rings. The van der Waals surface area contributed by atoms with Crippen molar-refractivity contribution in [3.8, 4) is 11.5 Å². The molecule has 0 spiro atoms. The van der Waals surface area contributed by atoms with Gasteiger partial charge in [-0.3, -0.25) is 4.79 Å². The first-order chi connectivity index (χ1) is 10.7. The lowest BCUT2D eigenvalue weighted by Gasteiger charge is -2.20. The Balaban J connectivity index is 1.77. The number of hydrogen-bond acceptors (Lipinski definition) is 3. The summed E-state index contributed by atoms with van der Waals surface area (Å²) < 4.78 is 11.0. The highest BCUT2D eigenvalue weighted by molar-refractivity contribution is 5.76. The number of rotatable bonds is 5. The highest BCUT2D eigenvalue weighted by Gasteiger charge is 2.22. The molecule has 4 heteroatoms. The third-order valence-electron chi connectivity index (χ3n) is 3.83. The number of carboxylic acids is 1. The molecule has 3 rings (SSSR count). The SMILES string of the molecule is O=C(O)C(CCc1ccccc1)c1ccc2c(c1)OCCO2. The summed E-state index contributed by atoms with van der Waals surface area (Å²) in [5.41, 5.74) is 1.90. The van der Waals surface area contributed by atoms with Crippen molar-refractivity contribution in [3.63, 3.8) is 0 Å². The Labute approximate surface area is 129 Å². The summed E-state index contributed by atoms with van der Waals surface area (Å²) in [6.45, 7) is 1.03. The Morgan fingerprint density at radius 2 is 1.77 bits per heavy atom. The van der Waals surface area contributed by atoms with Crippen molar-refractivity contribution in [2.75, 3.05) is 13.2 Å². The Morgan fingerprint density at radius 3 is 2.50 bits per heavy atom. The summed E-state index contributed by atoms with van der Waals surface area (Å²) in [5.74, 6) is -0.0412. The van der Waals surface area contributed by atoms with Crippen LogP contribution in [0.1, 0.15) is 23.5 Å². The smallest absolute Gasteiger partial charge is 0.310 e. The van der Waals surface area contributed by atoms with Crippen LogP contribution in [0.3, 0.4) is 0 Å². The second-order valence-corrected chi connectivity index (χ2v) is 5.32. The topological polar surface area (TPSA) is 55.8 Å². The van der Waals surface area contributed by atoms with Crippen LogP contribution < -0.4 is 9.47 Å². The zero-order valence-corrected chi connectivity index (χ0v) is 12.2. The molecule has 0 aliphatic carbocycles. The molecule has 1 atom stereocenters. The molecule has 0 aromatic heterocycles. The van der Waals surface area contributed by atoms with E-state index in [1.54, 1.807) is 12.1 Å². The summed E-state index contributed by atoms with van der Waals surface area (Å²) in [5, 5.41) is 9.54. The molecule has 2 aromatic carbocycles. The average Bonchev–Trinajstić information content (AvgIpc) is 2.55. The maximum Gasteiger partial charge on any atom is 0.310 e. The van der Waals surface area contributed by atoms with Crippen LogP contribution in [-0.2, 0) is 11.2 Å². The van der Waals surface area contributed by atoms with E-state index in [1.165, 1.54) is 0 Å². The van der Waals surface area contributed by atoms with E-state index in [-0.39, 0.29) is 0 Å². The van der Waals surface area contributed by atoms with E-state index in [1.807, 2.05) is 36.4 Å². The predicted molar refractivity (Wildman–Crippen MR) is 82.6 cm³/mol. The minimum atomic E-state index is -0.812. The van der Waals surface area contributed by atoms with Crippen LogP contribution in [-0.4, -0.2) is 24.3 Å². The number of benzene rings is 2. The molecule has 4 nitrogen and oxygen atoms in total. The van der Waals surface area contributed by atoms with Crippen molar-refractivity contribution in [1.29, 1.82) is 0 Å². The minimum Gasteiger partial charge on any atom is -0.486 e. The molecule has 0 radical (unpaired) electrons. The van der Waals surface area contributed by atoms with Crippen LogP contribution in [0.2, 0.25) is 0 Å². The van der Waals surface area contributed by atoms with Gasteiger partial charge in [-0.15, -0.1) is 0 Å². The monoisotopic (exact) mass is 298 g/mol. The highest BCUT2D eigenvalue weighted by atomic mass is 16.6. The van der Waals surface area contributed by atoms with E-state index >= 15 is 0 Å². The summed E-state index contributed by atoms with van der Waals surface area (Å²) in [6.07, 6.45) is 1.28. The highest BCUT2D eigenvalue weighted by Crippen LogP contribution is 2.34. The van der Waals surface area contributed by atoms with Gasteiger partial charge in [-0.1, -0.05) is 36.4 Å². The summed E-state index contributed by atoms with van der Waals surface area (Å²) in [7, 11) is 0. The van der Waals surface area contributed by atoms with Crippen LogP contribution in [0.5, 0.6) is 11.5 Å². The Kier molecular flexibility index (Phi) is 4.28. The number of hydrogen-bond donors (Lipinski definition) is 1. The first-order valence-corrected chi connectivity index (χ1v) is 7.40. The Morgan fingerprint density at radius 1 is 1.05 bits per heavy atom. The van der Waals surface area contributed by atoms with Gasteiger partial charge in [-0.25, -0.2) is 0 Å². The molecule has 0 bridgehead atoms. The molecule has 1 heterocycles. The zero-order chi connectivity index (χ0) is 15.4. The van der Waals surface area contributed by atoms with Crippen LogP contribution in [0.4, 0.5) is 0 Å². The molecule has 1 aliphatic rings. The first kappa shape index (κ1) is 14.4. The van der Waals surface area contributed by atoms with Gasteiger partial charge in [0.2, 0.25) is 0 Å². The van der Waals surface area contributed by atoms with Gasteiger partial charge in [0.15, 0.2) is 11.5 Å². The van der Waals surface area contributed by atoms with E-state index in [0.717, 1.165) is 17.5 Å². The molecule has 1 aliphatic heterocycles. The van der Waals surface area contributed by atoms with Crippen LogP contribution in [0, 0.1) is 0 Å². The van der Waals surface area contributed by atoms with E-state index in [2.05, 4.69) is 0 Å². The Hall–Kier alpha value is -2.49. The molecular formula is C18H18O4. The van der Waals surface area contributed by atoms with Gasteiger partial charge >= 0.3 is 5.97 Å². The third kappa shape index (κ3) is 3.22. The van der Waals surface area contributed by atoms with Crippen LogP contribution >= 0.6 is 0 Å². The molecule has 0 saturated heterocycles. The van der Waals surface area contributed by atoms with Crippen molar-refractivity contribution in [1.82, 2.24) is 0 Å². The van der Waals surface area contributed by atoms with Crippen molar-refractivity contribution in [3.05, 3.63) is 59.7 Å². The fourth-order valence-corrected chi connectivity index (χ4v) is 2.67. The molecule has 0 amide bonds. The largest absolute Gasteiger partial charge is 0.486 e. The van der Waals surface area contributed by atoms with E-state index in [9.17, 15) is 9.90 Å². The summed E-state index contributed by atoms with van der Waals surface area (Å²) >= 11 is 0. The fraction of sp³-hybridized carbons (Fsp3) is 0.278. The number of aryl methyl sites for hydroxylation is 1. The molecule has 1 N–H and O–H groups in total. The molecule has 22 heavy (non-hydrogen) atoms. The molecule has 114 valence electrons. The quantitative estimate of drug-likeness (QED) is 0.920. The second kappa shape index (κ2) is 6.52. The number of carboxylic acid groups (broad SMARTS) is 1. The minimum absolute atomic E-state index is 0.498. The lowest BCUT2D eigenvalue weighted by atomic mass is 9.92. The van der Waals surface area contributed by atoms with Crippen molar-refractivity contribution in [2.45, 2.75) is 18.8 Å². The summed E-state index contributed by atoms with van der Waals surface area (Å²) in [6, 6.07) is 15.3. The maximum absolute atomic E-state index is 11.6. The molecular weight excluding hydrogens is 280 g/mol. The zero-order valence-electron chi connectivity index (χ0n) is 12.2. The van der Waals surface area contributed by atoms with Gasteiger partial charge in [0.05, 0.1) is 5.92 Å². The van der Waals surface area contributed by atoms with Crippen molar-refractivity contribution >= 4 is 5.97 Å². The van der Waals surface area contributed by atoms with Gasteiger partial charge in [-0.2, -0.15) is 0 Å². The van der Waals surface area contributed by atoms with Crippen molar-refractivity contribution < 1.29 is 19.4 Å². The van der Waals surface area contributed by atoms with E-state index in [4.69, 9.17) is 9.47 Å². The molecule has 2 aromatic rings. The normalized spacial score (nSPS) is 14.4. The lowest BCUT2D eigenvalue weighted by molar-refractivity contribution is -0.138. The second-order valence-electron chi connectivity index (χ2n) is 5.32. The van der Waals surface area contributed by atoms with Gasteiger partial charge in [-0.05, 0) is 36.1 Å². The van der Waals surface area contributed by atoms with Crippen LogP contribution in [0.15, 0.2) is 48.5 Å². The third-order valence-corrected chi connectivity index (χ3v) is 3.83. The van der Waals surface area contributed by atoms with E-state index in [0.29, 0.717) is 31.1 Å². The van der Waals surface area contributed by atoms with E-state index < -0.39 is 11.9 Å². The van der Waals surface area contributed by atoms with Gasteiger partial charge in [0.25, 0.3) is 0 Å². The number of fused-ring (bicyclic) bond motifs is 1. The van der Waals surface area contributed by atoms with Gasteiger partial charge in [0, 0.05) is 0 Å². The standard InChI is InChI=1S/C18H18O4/c19-18(20)15(8-6-13-4-2-1-3-5-13)14-7-9-16-17(12-14)22-11-10-21-16/h1-5,7,9,12,15H,6,8,10-11H2,(H,19,20). The number of aliphatic carboxylic acids is 1. The van der Waals surface area contributed by atoms with Crippen LogP contribution in [0.25, 0.3) is 0 Å². The average molecular weight is 298 g/mol. The molecule has 1 unspecified atom stereocenters. The fourth-order valence-electron chi connectivity index (χ4n) is 2.67. The number of ether oxygens (including phenoxy) is 2. The van der Waals surface area contributed by atoms with Gasteiger partial charge in [0.1, 0.15) is 13.2 Å². The van der Waals surface area contributed by atoms with Crippen molar-refractivity contribution in [2.24, 2.45) is 0 Å². The first-order valence-electron chi connectivity index (χ1n) is 7.40. The molecule has 0 saturated carbocycles. The summed E-state index contributed by atoms with van der Waals surface area (Å²) in [4.78, 5) is 11.6. The Bertz CT molecular complexity index is 651. The number of carbonyl (C=O) groups is 1. The lowest BCUT2D eigenvalue weighted by Crippen LogP contribution is -2.17. The predicted octanol–water partition coefficient (Wildman–Crippen LogP) is 3.26.